The molecule has 2 N–H and O–H groups in total. The highest BCUT2D eigenvalue weighted by molar-refractivity contribution is 5.83. The van der Waals surface area contributed by atoms with Gasteiger partial charge in [0.1, 0.15) is 11.3 Å². The number of ether oxygens (including phenoxy) is 1. The number of carbonyl (C=O) groups excluding carboxylic acids is 2. The highest BCUT2D eigenvalue weighted by Gasteiger charge is 2.34. The van der Waals surface area contributed by atoms with Crippen LogP contribution in [0, 0.1) is 11.7 Å². The smallest absolute Gasteiger partial charge is 0.407 e. The fraction of sp³-hybridized carbons (Fsp3) is 0.667. The molecule has 180 valence electrons. The molecular weight excluding hydrogens is 425 g/mol. The number of nitrogens with zero attached hydrogens (tertiary/aromatic N) is 3. The van der Waals surface area contributed by atoms with Crippen molar-refractivity contribution in [2.24, 2.45) is 5.92 Å². The topological polar surface area (TPSA) is 96.5 Å². The fourth-order valence-corrected chi connectivity index (χ4v) is 4.39. The first kappa shape index (κ1) is 23.4. The fourth-order valence-electron chi connectivity index (χ4n) is 4.39. The molecule has 2 heterocycles. The van der Waals surface area contributed by atoms with Crippen molar-refractivity contribution < 1.29 is 18.7 Å². The molecule has 9 heteroatoms. The molecule has 0 atom stereocenters. The van der Waals surface area contributed by atoms with E-state index in [1.54, 1.807) is 0 Å². The van der Waals surface area contributed by atoms with Gasteiger partial charge in [0.25, 0.3) is 0 Å². The monoisotopic (exact) mass is 459 g/mol. The van der Waals surface area contributed by atoms with Crippen LogP contribution in [-0.4, -0.2) is 57.6 Å². The lowest BCUT2D eigenvalue weighted by molar-refractivity contribution is -0.132. The van der Waals surface area contributed by atoms with Crippen LogP contribution in [0.2, 0.25) is 0 Å². The van der Waals surface area contributed by atoms with Crippen LogP contribution in [0.15, 0.2) is 12.3 Å². The Labute approximate surface area is 194 Å². The number of aromatic nitrogens is 2. The molecule has 1 aliphatic heterocycles. The standard InChI is InChI=1S/C24H34FN5O3/c1-24(2,3)33-23(32)28-18-10-8-17(9-11-18)27-22-26-13-19(25)20(29-22)16-5-4-12-30(14-16)21(31)15-6-7-15/h5,13,15,17-18H,4,6-12,14H2,1-3H3,(H,28,32)(H,26,27,29)/t17-,18-. The van der Waals surface area contributed by atoms with Gasteiger partial charge in [0.15, 0.2) is 5.82 Å². The molecule has 1 aromatic heterocycles. The zero-order valence-electron chi connectivity index (χ0n) is 19.7. The van der Waals surface area contributed by atoms with Crippen molar-refractivity contribution in [2.45, 2.75) is 83.4 Å². The van der Waals surface area contributed by atoms with Gasteiger partial charge in [-0.1, -0.05) is 6.08 Å². The molecule has 0 saturated heterocycles. The molecule has 2 amide bonds. The van der Waals surface area contributed by atoms with Crippen LogP contribution in [0.4, 0.5) is 15.1 Å². The molecule has 2 saturated carbocycles. The van der Waals surface area contributed by atoms with E-state index in [-0.39, 0.29) is 35.7 Å². The van der Waals surface area contributed by atoms with Gasteiger partial charge in [0.2, 0.25) is 11.9 Å². The van der Waals surface area contributed by atoms with E-state index in [1.165, 1.54) is 6.20 Å². The number of hydrogen-bond donors (Lipinski definition) is 2. The summed E-state index contributed by atoms with van der Waals surface area (Å²) in [5.74, 6) is 0.237. The van der Waals surface area contributed by atoms with Gasteiger partial charge in [-0.25, -0.2) is 19.2 Å². The molecule has 33 heavy (non-hydrogen) atoms. The van der Waals surface area contributed by atoms with Crippen molar-refractivity contribution >= 4 is 23.5 Å². The second-order valence-electron chi connectivity index (χ2n) is 10.3. The first-order valence-corrected chi connectivity index (χ1v) is 11.9. The molecule has 3 aliphatic rings. The molecule has 0 spiro atoms. The van der Waals surface area contributed by atoms with Gasteiger partial charge in [0, 0.05) is 31.1 Å². The summed E-state index contributed by atoms with van der Waals surface area (Å²) in [6.07, 6.45) is 8.70. The van der Waals surface area contributed by atoms with Crippen LogP contribution in [0.1, 0.15) is 71.4 Å². The van der Waals surface area contributed by atoms with Crippen molar-refractivity contribution in [3.8, 4) is 0 Å². The van der Waals surface area contributed by atoms with Crippen LogP contribution in [0.25, 0.3) is 5.57 Å². The van der Waals surface area contributed by atoms with E-state index < -0.39 is 11.4 Å². The maximum absolute atomic E-state index is 14.6. The van der Waals surface area contributed by atoms with E-state index in [2.05, 4.69) is 20.6 Å². The average Bonchev–Trinajstić information content (AvgIpc) is 3.60. The van der Waals surface area contributed by atoms with E-state index in [1.807, 2.05) is 31.7 Å². The molecule has 2 aliphatic carbocycles. The van der Waals surface area contributed by atoms with Crippen LogP contribution in [0.5, 0.6) is 0 Å². The third-order valence-corrected chi connectivity index (χ3v) is 6.22. The Morgan fingerprint density at radius 3 is 2.48 bits per heavy atom. The Balaban J connectivity index is 1.32. The maximum Gasteiger partial charge on any atom is 0.407 e. The van der Waals surface area contributed by atoms with Gasteiger partial charge < -0.3 is 20.3 Å². The van der Waals surface area contributed by atoms with Crippen LogP contribution in [-0.2, 0) is 9.53 Å². The van der Waals surface area contributed by atoms with Crippen molar-refractivity contribution in [2.75, 3.05) is 18.4 Å². The summed E-state index contributed by atoms with van der Waals surface area (Å²) in [7, 11) is 0. The lowest BCUT2D eigenvalue weighted by Gasteiger charge is -2.30. The van der Waals surface area contributed by atoms with E-state index >= 15 is 0 Å². The maximum atomic E-state index is 14.6. The molecule has 2 fully saturated rings. The Morgan fingerprint density at radius 1 is 1.12 bits per heavy atom. The zero-order valence-corrected chi connectivity index (χ0v) is 19.7. The first-order valence-electron chi connectivity index (χ1n) is 11.9. The summed E-state index contributed by atoms with van der Waals surface area (Å²) in [6, 6.07) is 0.221. The first-order chi connectivity index (χ1) is 15.7. The molecule has 0 bridgehead atoms. The minimum absolute atomic E-state index is 0.0741. The van der Waals surface area contributed by atoms with E-state index in [0.717, 1.165) is 44.1 Å². The van der Waals surface area contributed by atoms with Gasteiger partial charge in [-0.05, 0) is 71.3 Å². The normalized spacial score (nSPS) is 23.5. The summed E-state index contributed by atoms with van der Waals surface area (Å²) < 4.78 is 19.9. The summed E-state index contributed by atoms with van der Waals surface area (Å²) >= 11 is 0. The van der Waals surface area contributed by atoms with Gasteiger partial charge in [0.05, 0.1) is 6.20 Å². The number of rotatable bonds is 5. The van der Waals surface area contributed by atoms with Gasteiger partial charge >= 0.3 is 6.09 Å². The summed E-state index contributed by atoms with van der Waals surface area (Å²) in [5, 5.41) is 6.26. The summed E-state index contributed by atoms with van der Waals surface area (Å²) in [4.78, 5) is 34.8. The number of nitrogens with one attached hydrogen (secondary N) is 2. The van der Waals surface area contributed by atoms with E-state index in [9.17, 15) is 14.0 Å². The van der Waals surface area contributed by atoms with E-state index in [4.69, 9.17) is 4.74 Å². The van der Waals surface area contributed by atoms with Crippen molar-refractivity contribution in [3.63, 3.8) is 0 Å². The number of anilines is 1. The molecule has 0 radical (unpaired) electrons. The highest BCUT2D eigenvalue weighted by Crippen LogP contribution is 2.33. The summed E-state index contributed by atoms with van der Waals surface area (Å²) in [5.41, 5.74) is 0.487. The molecular formula is C24H34FN5O3. The second kappa shape index (κ2) is 9.65. The Kier molecular flexibility index (Phi) is 6.86. The lowest BCUT2D eigenvalue weighted by atomic mass is 9.91. The zero-order chi connectivity index (χ0) is 23.6. The highest BCUT2D eigenvalue weighted by atomic mass is 19.1. The SMILES string of the molecule is CC(C)(C)OC(=O)N[C@H]1CC[C@H](Nc2ncc(F)c(C3=CCCN(C(=O)C4CC4)C3)n2)CC1. The largest absolute Gasteiger partial charge is 0.444 e. The summed E-state index contributed by atoms with van der Waals surface area (Å²) in [6.45, 7) is 6.60. The Morgan fingerprint density at radius 2 is 1.82 bits per heavy atom. The predicted octanol–water partition coefficient (Wildman–Crippen LogP) is 3.89. The minimum Gasteiger partial charge on any atom is -0.444 e. The van der Waals surface area contributed by atoms with Crippen LogP contribution >= 0.6 is 0 Å². The van der Waals surface area contributed by atoms with Gasteiger partial charge in [-0.2, -0.15) is 0 Å². The number of halogens is 1. The minimum atomic E-state index is -0.517. The van der Waals surface area contributed by atoms with Gasteiger partial charge in [-0.15, -0.1) is 0 Å². The number of hydrogen-bond acceptors (Lipinski definition) is 6. The third-order valence-electron chi connectivity index (χ3n) is 6.22. The quantitative estimate of drug-likeness (QED) is 0.694. The van der Waals surface area contributed by atoms with Crippen molar-refractivity contribution in [1.82, 2.24) is 20.2 Å². The number of amides is 2. The Hall–Kier alpha value is -2.71. The third kappa shape index (κ3) is 6.42. The molecule has 8 nitrogen and oxygen atoms in total. The predicted molar refractivity (Wildman–Crippen MR) is 123 cm³/mol. The van der Waals surface area contributed by atoms with Gasteiger partial charge in [-0.3, -0.25) is 4.79 Å². The molecule has 0 unspecified atom stereocenters. The number of carbonyl (C=O) groups is 2. The van der Waals surface area contributed by atoms with Crippen molar-refractivity contribution in [1.29, 1.82) is 0 Å². The molecule has 0 aromatic carbocycles. The molecule has 4 rings (SSSR count). The average molecular weight is 460 g/mol. The Bertz CT molecular complexity index is 917. The van der Waals surface area contributed by atoms with Crippen LogP contribution in [0.3, 0.4) is 0 Å². The van der Waals surface area contributed by atoms with Crippen LogP contribution < -0.4 is 10.6 Å². The van der Waals surface area contributed by atoms with Crippen molar-refractivity contribution in [3.05, 3.63) is 23.8 Å². The van der Waals surface area contributed by atoms with E-state index in [0.29, 0.717) is 25.5 Å². The number of alkyl carbamates (subject to hydrolysis) is 1. The molecule has 1 aromatic rings. The lowest BCUT2D eigenvalue weighted by Crippen LogP contribution is -2.42. The second-order valence-corrected chi connectivity index (χ2v) is 10.3.